The normalized spacial score (nSPS) is 10.4. The molecule has 12 heteroatoms. The van der Waals surface area contributed by atoms with Crippen LogP contribution in [0.15, 0.2) is 0 Å². The number of rotatable bonds is 9. The van der Waals surface area contributed by atoms with Crippen LogP contribution in [0.25, 0.3) is 0 Å². The second kappa shape index (κ2) is 13.7. The molecule has 0 spiro atoms. The Labute approximate surface area is 147 Å². The van der Waals surface area contributed by atoms with Crippen molar-refractivity contribution >= 4 is 76.3 Å². The van der Waals surface area contributed by atoms with Gasteiger partial charge in [0.1, 0.15) is 0 Å². The van der Waals surface area contributed by atoms with E-state index in [1.807, 2.05) is 28.2 Å². The molecule has 0 aliphatic carbocycles. The summed E-state index contributed by atoms with van der Waals surface area (Å²) in [5, 5.41) is 3.39. The molecule has 0 aliphatic heterocycles. The summed E-state index contributed by atoms with van der Waals surface area (Å²) in [5.74, 6) is 1.98. The molecular weight excluding hydrogens is 373 g/mol. The maximum absolute atomic E-state index is 5.25. The summed E-state index contributed by atoms with van der Waals surface area (Å²) in [4.78, 5) is 0. The second-order valence-corrected chi connectivity index (χ2v) is 9.01. The topological polar surface area (TPSA) is 54.6 Å². The molecular formula is C8H20N6S6. The fourth-order valence-corrected chi connectivity index (χ4v) is 6.35. The zero-order valence-electron chi connectivity index (χ0n) is 11.8. The Hall–Kier alpha value is 1.02. The molecule has 0 saturated carbocycles. The van der Waals surface area contributed by atoms with Crippen molar-refractivity contribution < 1.29 is 0 Å². The van der Waals surface area contributed by atoms with Gasteiger partial charge in [-0.3, -0.25) is 0 Å². The first-order valence-electron chi connectivity index (χ1n) is 5.57. The molecule has 4 N–H and O–H groups in total. The molecule has 0 radical (unpaired) electrons. The summed E-state index contributed by atoms with van der Waals surface area (Å²) in [7, 11) is 13.8. The molecule has 0 aromatic rings. The predicted octanol–water partition coefficient (Wildman–Crippen LogP) is 1.46. The van der Waals surface area contributed by atoms with E-state index in [0.29, 0.717) is 0 Å². The zero-order chi connectivity index (χ0) is 15.4. The van der Waals surface area contributed by atoms with E-state index >= 15 is 0 Å². The summed E-state index contributed by atoms with van der Waals surface area (Å²) in [5.41, 5.74) is 11.8. The molecule has 0 heterocycles. The van der Waals surface area contributed by atoms with Crippen LogP contribution in [0.5, 0.6) is 0 Å². The van der Waals surface area contributed by atoms with Crippen LogP contribution in [0, 0.1) is 0 Å². The molecule has 0 aromatic carbocycles. The largest absolute Gasteiger partial charge is 0.224 e. The van der Waals surface area contributed by atoms with Crippen LogP contribution < -0.4 is 21.7 Å². The van der Waals surface area contributed by atoms with Crippen LogP contribution in [-0.2, 0) is 0 Å². The van der Waals surface area contributed by atoms with E-state index in [4.69, 9.17) is 24.4 Å². The minimum absolute atomic E-state index is 0.754. The minimum atomic E-state index is 0.754. The second-order valence-electron chi connectivity index (χ2n) is 2.91. The van der Waals surface area contributed by atoms with Crippen molar-refractivity contribution in [2.75, 3.05) is 39.7 Å². The van der Waals surface area contributed by atoms with Gasteiger partial charge in [0.15, 0.2) is 8.64 Å². The molecule has 0 fully saturated rings. The Morgan fingerprint density at radius 3 is 1.30 bits per heavy atom. The van der Waals surface area contributed by atoms with Crippen molar-refractivity contribution in [2.24, 2.45) is 0 Å². The van der Waals surface area contributed by atoms with Crippen LogP contribution in [-0.4, -0.2) is 58.6 Å². The van der Waals surface area contributed by atoms with Crippen molar-refractivity contribution in [1.29, 1.82) is 0 Å². The smallest absolute Gasteiger partial charge is 0.177 e. The molecule has 0 aromatic heterocycles. The number of nitrogens with one attached hydrogen (secondary N) is 4. The molecule has 0 bridgehead atoms. The fraction of sp³-hybridized carbons (Fsp3) is 0.750. The maximum Gasteiger partial charge on any atom is 0.177 e. The van der Waals surface area contributed by atoms with E-state index in [-0.39, 0.29) is 0 Å². The number of nitrogens with zero attached hydrogens (tertiary/aromatic N) is 2. The van der Waals surface area contributed by atoms with Crippen molar-refractivity contribution in [1.82, 2.24) is 31.9 Å². The maximum atomic E-state index is 5.25. The molecule has 20 heavy (non-hydrogen) atoms. The van der Waals surface area contributed by atoms with Gasteiger partial charge in [-0.1, -0.05) is 21.6 Å². The molecule has 0 atom stereocenters. The lowest BCUT2D eigenvalue weighted by atomic mass is 11.0. The van der Waals surface area contributed by atoms with Gasteiger partial charge in [0.05, 0.1) is 0 Å². The Morgan fingerprint density at radius 2 is 1.05 bits per heavy atom. The van der Waals surface area contributed by atoms with Gasteiger partial charge in [0, 0.05) is 39.7 Å². The van der Waals surface area contributed by atoms with Crippen LogP contribution in [0.1, 0.15) is 0 Å². The first-order valence-corrected chi connectivity index (χ1v) is 11.0. The molecule has 0 rings (SSSR count). The summed E-state index contributed by atoms with van der Waals surface area (Å²) in [6.45, 7) is 0. The number of hydrogen-bond donors (Lipinski definition) is 4. The van der Waals surface area contributed by atoms with E-state index < -0.39 is 0 Å². The predicted molar refractivity (Wildman–Crippen MR) is 105 cm³/mol. The van der Waals surface area contributed by atoms with Crippen molar-refractivity contribution in [3.05, 3.63) is 0 Å². The Balaban J connectivity index is 3.63. The average Bonchev–Trinajstić information content (AvgIpc) is 2.45. The van der Waals surface area contributed by atoms with Gasteiger partial charge in [0.2, 0.25) is 0 Å². The molecule has 0 unspecified atom stereocenters. The fourth-order valence-electron chi connectivity index (χ4n) is 0.915. The molecule has 6 nitrogen and oxygen atoms in total. The Kier molecular flexibility index (Phi) is 14.4. The summed E-state index contributed by atoms with van der Waals surface area (Å²) >= 11 is 10.5. The quantitative estimate of drug-likeness (QED) is 0.199. The third kappa shape index (κ3) is 9.12. The van der Waals surface area contributed by atoms with Gasteiger partial charge < -0.3 is 0 Å². The average molecular weight is 393 g/mol. The highest BCUT2D eigenvalue weighted by Crippen LogP contribution is 2.29. The highest BCUT2D eigenvalue weighted by Gasteiger charge is 2.08. The van der Waals surface area contributed by atoms with Gasteiger partial charge in [-0.05, 0) is 46.0 Å². The lowest BCUT2D eigenvalue weighted by Crippen LogP contribution is -2.46. The SMILES string of the molecule is CNN(NC)C(=S)SSCCSSC(=S)N(NC)NC. The third-order valence-electron chi connectivity index (χ3n) is 1.77. The first kappa shape index (κ1) is 21.0. The summed E-state index contributed by atoms with van der Waals surface area (Å²) in [6, 6.07) is 0. The lowest BCUT2D eigenvalue weighted by molar-refractivity contribution is 0.278. The number of hydrazine groups is 4. The van der Waals surface area contributed by atoms with Crippen LogP contribution in [0.3, 0.4) is 0 Å². The summed E-state index contributed by atoms with van der Waals surface area (Å²) in [6.07, 6.45) is 0. The first-order chi connectivity index (χ1) is 9.60. The van der Waals surface area contributed by atoms with E-state index in [1.54, 1.807) is 53.4 Å². The Bertz CT molecular complexity index is 257. The molecule has 0 saturated heterocycles. The van der Waals surface area contributed by atoms with Crippen LogP contribution >= 0.6 is 67.6 Å². The zero-order valence-corrected chi connectivity index (χ0v) is 16.7. The van der Waals surface area contributed by atoms with E-state index in [0.717, 1.165) is 20.1 Å². The van der Waals surface area contributed by atoms with Crippen molar-refractivity contribution in [2.45, 2.75) is 0 Å². The molecule has 118 valence electrons. The molecule has 0 aliphatic rings. The van der Waals surface area contributed by atoms with Crippen LogP contribution in [0.4, 0.5) is 0 Å². The molecule has 0 amide bonds. The number of hydrogen-bond acceptors (Lipinski definition) is 10. The minimum Gasteiger partial charge on any atom is -0.224 e. The standard InChI is InChI=1S/C8H20N6S6/c1-9-13(10-2)7(15)19-17-5-6-18-20-8(16)14(11-3)12-4/h9-12H,5-6H2,1-4H3. The Morgan fingerprint density at radius 1 is 0.750 bits per heavy atom. The van der Waals surface area contributed by atoms with Crippen LogP contribution in [0.2, 0.25) is 0 Å². The highest BCUT2D eigenvalue weighted by atomic mass is 33.1. The van der Waals surface area contributed by atoms with E-state index in [9.17, 15) is 0 Å². The van der Waals surface area contributed by atoms with Gasteiger partial charge in [-0.15, -0.1) is 0 Å². The van der Waals surface area contributed by atoms with E-state index in [2.05, 4.69) is 21.7 Å². The van der Waals surface area contributed by atoms with Crippen molar-refractivity contribution in [3.63, 3.8) is 0 Å². The van der Waals surface area contributed by atoms with Gasteiger partial charge in [0.25, 0.3) is 0 Å². The number of thiocarbonyl (C=S) groups is 2. The van der Waals surface area contributed by atoms with Gasteiger partial charge >= 0.3 is 0 Å². The monoisotopic (exact) mass is 392 g/mol. The summed E-state index contributed by atoms with van der Waals surface area (Å²) < 4.78 is 1.51. The lowest BCUT2D eigenvalue weighted by Gasteiger charge is -2.21. The van der Waals surface area contributed by atoms with E-state index in [1.165, 1.54) is 0 Å². The van der Waals surface area contributed by atoms with Gasteiger partial charge in [-0.25, -0.2) is 31.9 Å². The third-order valence-corrected chi connectivity index (χ3v) is 7.81. The highest BCUT2D eigenvalue weighted by molar-refractivity contribution is 8.85. The van der Waals surface area contributed by atoms with Gasteiger partial charge in [-0.2, -0.15) is 0 Å². The van der Waals surface area contributed by atoms with Crippen molar-refractivity contribution in [3.8, 4) is 0 Å².